The van der Waals surface area contributed by atoms with Crippen LogP contribution in [0.15, 0.2) is 46.9 Å². The van der Waals surface area contributed by atoms with Crippen LogP contribution >= 0.6 is 27.5 Å². The summed E-state index contributed by atoms with van der Waals surface area (Å²) in [5.41, 5.74) is 1.86. The van der Waals surface area contributed by atoms with Crippen molar-refractivity contribution in [3.05, 3.63) is 64.5 Å². The van der Waals surface area contributed by atoms with Gasteiger partial charge in [-0.1, -0.05) is 39.7 Å². The molecular formula is C17H10BrClF3NO. The third-order valence-corrected chi connectivity index (χ3v) is 4.19. The molecule has 1 heterocycles. The van der Waals surface area contributed by atoms with E-state index in [0.29, 0.717) is 38.5 Å². The second kappa shape index (κ2) is 6.61. The van der Waals surface area contributed by atoms with Crippen molar-refractivity contribution in [2.24, 2.45) is 0 Å². The Hall–Kier alpha value is -1.79. The molecule has 3 aromatic rings. The number of benzene rings is 2. The van der Waals surface area contributed by atoms with Gasteiger partial charge in [-0.3, -0.25) is 0 Å². The van der Waals surface area contributed by atoms with Gasteiger partial charge in [0.05, 0.1) is 5.56 Å². The first-order valence-electron chi connectivity index (χ1n) is 6.87. The smallest absolute Gasteiger partial charge is 0.416 e. The molecule has 0 radical (unpaired) electrons. The topological polar surface area (TPSA) is 26.0 Å². The monoisotopic (exact) mass is 415 g/mol. The van der Waals surface area contributed by atoms with Crippen molar-refractivity contribution >= 4 is 50.3 Å². The number of allylic oxidation sites excluding steroid dienone is 1. The van der Waals surface area contributed by atoms with E-state index >= 15 is 0 Å². The van der Waals surface area contributed by atoms with Gasteiger partial charge >= 0.3 is 6.18 Å². The Morgan fingerprint density at radius 1 is 1.17 bits per heavy atom. The second-order valence-electron chi connectivity index (χ2n) is 5.05. The van der Waals surface area contributed by atoms with Crippen LogP contribution in [-0.4, -0.2) is 10.3 Å². The molecule has 0 aliphatic carbocycles. The van der Waals surface area contributed by atoms with E-state index < -0.39 is 11.7 Å². The summed E-state index contributed by atoms with van der Waals surface area (Å²) in [6, 6.07) is 10.0. The third kappa shape index (κ3) is 3.65. The lowest BCUT2D eigenvalue weighted by atomic mass is 10.1. The van der Waals surface area contributed by atoms with E-state index in [-0.39, 0.29) is 0 Å². The van der Waals surface area contributed by atoms with Crippen molar-refractivity contribution in [3.63, 3.8) is 0 Å². The van der Waals surface area contributed by atoms with Crippen molar-refractivity contribution in [3.8, 4) is 0 Å². The molecule has 0 N–H and O–H groups in total. The molecule has 0 bridgehead atoms. The van der Waals surface area contributed by atoms with Gasteiger partial charge in [-0.25, -0.2) is 4.98 Å². The van der Waals surface area contributed by atoms with E-state index in [1.165, 1.54) is 12.1 Å². The number of hydrogen-bond acceptors (Lipinski definition) is 2. The SMILES string of the molecule is FC(F)(F)c1ccc(/C=C(/CBr)c2nc3cc(Cl)ccc3o2)cc1. The van der Waals surface area contributed by atoms with E-state index in [0.717, 1.165) is 12.1 Å². The quantitative estimate of drug-likeness (QED) is 0.460. The largest absolute Gasteiger partial charge is 0.436 e. The number of halogens is 5. The van der Waals surface area contributed by atoms with Gasteiger partial charge < -0.3 is 4.42 Å². The molecule has 0 saturated carbocycles. The van der Waals surface area contributed by atoms with Crippen LogP contribution < -0.4 is 0 Å². The van der Waals surface area contributed by atoms with Crippen molar-refractivity contribution in [2.45, 2.75) is 6.18 Å². The number of aromatic nitrogens is 1. The van der Waals surface area contributed by atoms with E-state index in [2.05, 4.69) is 20.9 Å². The Bertz CT molecular complexity index is 900. The van der Waals surface area contributed by atoms with E-state index in [1.807, 2.05) is 0 Å². The minimum atomic E-state index is -4.35. The van der Waals surface area contributed by atoms with Gasteiger partial charge in [0.1, 0.15) is 5.52 Å². The first kappa shape index (κ1) is 17.0. The lowest BCUT2D eigenvalue weighted by Crippen LogP contribution is -2.04. The zero-order valence-electron chi connectivity index (χ0n) is 12.1. The van der Waals surface area contributed by atoms with Crippen LogP contribution in [0, 0.1) is 0 Å². The molecule has 0 fully saturated rings. The summed E-state index contributed by atoms with van der Waals surface area (Å²) in [7, 11) is 0. The molecule has 124 valence electrons. The number of alkyl halides is 4. The Balaban J connectivity index is 1.96. The highest BCUT2D eigenvalue weighted by molar-refractivity contribution is 9.09. The summed E-state index contributed by atoms with van der Waals surface area (Å²) in [4.78, 5) is 4.37. The minimum Gasteiger partial charge on any atom is -0.436 e. The molecule has 1 aromatic heterocycles. The molecule has 0 unspecified atom stereocenters. The van der Waals surface area contributed by atoms with Gasteiger partial charge in [0.15, 0.2) is 5.58 Å². The fraction of sp³-hybridized carbons (Fsp3) is 0.118. The van der Waals surface area contributed by atoms with Crippen LogP contribution in [-0.2, 0) is 6.18 Å². The summed E-state index contributed by atoms with van der Waals surface area (Å²) >= 11 is 9.28. The van der Waals surface area contributed by atoms with Crippen molar-refractivity contribution in [1.29, 1.82) is 0 Å². The molecule has 0 saturated heterocycles. The number of hydrogen-bond donors (Lipinski definition) is 0. The van der Waals surface area contributed by atoms with Gasteiger partial charge in [-0.15, -0.1) is 0 Å². The Kier molecular flexibility index (Phi) is 4.69. The molecule has 24 heavy (non-hydrogen) atoms. The van der Waals surface area contributed by atoms with Crippen molar-refractivity contribution < 1.29 is 17.6 Å². The Morgan fingerprint density at radius 2 is 1.88 bits per heavy atom. The van der Waals surface area contributed by atoms with Gasteiger partial charge in [0.2, 0.25) is 5.89 Å². The van der Waals surface area contributed by atoms with Crippen LogP contribution in [0.1, 0.15) is 17.0 Å². The fourth-order valence-electron chi connectivity index (χ4n) is 2.16. The predicted octanol–water partition coefficient (Wildman–Crippen LogP) is 6.44. The van der Waals surface area contributed by atoms with Crippen molar-refractivity contribution in [2.75, 3.05) is 5.33 Å². The van der Waals surface area contributed by atoms with E-state index in [9.17, 15) is 13.2 Å². The van der Waals surface area contributed by atoms with Gasteiger partial charge in [-0.05, 0) is 42.0 Å². The molecule has 0 atom stereocenters. The highest BCUT2D eigenvalue weighted by atomic mass is 79.9. The van der Waals surface area contributed by atoms with Gasteiger partial charge in [-0.2, -0.15) is 13.2 Å². The number of nitrogens with zero attached hydrogens (tertiary/aromatic N) is 1. The summed E-state index contributed by atoms with van der Waals surface area (Å²) in [5, 5.41) is 0.989. The summed E-state index contributed by atoms with van der Waals surface area (Å²) < 4.78 is 43.5. The van der Waals surface area contributed by atoms with Crippen LogP contribution in [0.2, 0.25) is 5.02 Å². The minimum absolute atomic E-state index is 0.393. The molecule has 0 aliphatic rings. The maximum atomic E-state index is 12.6. The average molecular weight is 417 g/mol. The van der Waals surface area contributed by atoms with Crippen LogP contribution in [0.5, 0.6) is 0 Å². The lowest BCUT2D eigenvalue weighted by molar-refractivity contribution is -0.137. The van der Waals surface area contributed by atoms with Gasteiger partial charge in [0.25, 0.3) is 0 Å². The van der Waals surface area contributed by atoms with Crippen LogP contribution in [0.3, 0.4) is 0 Å². The maximum Gasteiger partial charge on any atom is 0.416 e. The highest BCUT2D eigenvalue weighted by Crippen LogP contribution is 2.30. The molecule has 0 amide bonds. The van der Waals surface area contributed by atoms with Crippen LogP contribution in [0.4, 0.5) is 13.2 Å². The van der Waals surface area contributed by atoms with E-state index in [4.69, 9.17) is 16.0 Å². The standard InChI is InChI=1S/C17H10BrClF3NO/c18-9-11(7-10-1-3-12(4-2-10)17(20,21)22)16-23-14-8-13(19)5-6-15(14)24-16/h1-8H,9H2/b11-7-. The fourth-order valence-corrected chi connectivity index (χ4v) is 2.73. The maximum absolute atomic E-state index is 12.6. The summed E-state index contributed by atoms with van der Waals surface area (Å²) in [5.74, 6) is 0.393. The third-order valence-electron chi connectivity index (χ3n) is 3.35. The zero-order valence-corrected chi connectivity index (χ0v) is 14.4. The molecule has 3 rings (SSSR count). The first-order chi connectivity index (χ1) is 11.4. The molecule has 2 aromatic carbocycles. The molecular weight excluding hydrogens is 407 g/mol. The summed E-state index contributed by atoms with van der Waals surface area (Å²) in [6.45, 7) is 0. The normalized spacial score (nSPS) is 12.8. The number of rotatable bonds is 3. The van der Waals surface area contributed by atoms with Gasteiger partial charge in [0, 0.05) is 15.9 Å². The molecule has 2 nitrogen and oxygen atoms in total. The second-order valence-corrected chi connectivity index (χ2v) is 6.05. The molecule has 7 heteroatoms. The molecule has 0 aliphatic heterocycles. The Morgan fingerprint density at radius 3 is 2.50 bits per heavy atom. The Labute approximate surface area is 149 Å². The predicted molar refractivity (Wildman–Crippen MR) is 92.1 cm³/mol. The lowest BCUT2D eigenvalue weighted by Gasteiger charge is -2.06. The number of fused-ring (bicyclic) bond motifs is 1. The molecule has 0 spiro atoms. The zero-order chi connectivity index (χ0) is 17.3. The first-order valence-corrected chi connectivity index (χ1v) is 8.37. The number of oxazole rings is 1. The average Bonchev–Trinajstić information content (AvgIpc) is 2.95. The van der Waals surface area contributed by atoms with E-state index in [1.54, 1.807) is 24.3 Å². The van der Waals surface area contributed by atoms with Crippen molar-refractivity contribution in [1.82, 2.24) is 4.98 Å². The highest BCUT2D eigenvalue weighted by Gasteiger charge is 2.29. The summed E-state index contributed by atoms with van der Waals surface area (Å²) in [6.07, 6.45) is -2.62. The van der Waals surface area contributed by atoms with Crippen LogP contribution in [0.25, 0.3) is 22.7 Å².